The average Bonchev–Trinajstić information content (AvgIpc) is 2.59. The fourth-order valence-electron chi connectivity index (χ4n) is 2.41. The Labute approximate surface area is 117 Å². The maximum Gasteiger partial charge on any atom is 0.0446 e. The van der Waals surface area contributed by atoms with E-state index in [2.05, 4.69) is 51.3 Å². The van der Waals surface area contributed by atoms with Crippen molar-refractivity contribution >= 4 is 21.6 Å². The molecule has 1 saturated heterocycles. The molecular formula is C14H21BrN2O. The maximum atomic E-state index is 9.08. The average molecular weight is 313 g/mol. The Morgan fingerprint density at radius 1 is 1.50 bits per heavy atom. The van der Waals surface area contributed by atoms with Gasteiger partial charge in [0, 0.05) is 35.9 Å². The molecule has 1 aliphatic heterocycles. The minimum atomic E-state index is 0.255. The molecule has 1 aromatic rings. The first kappa shape index (κ1) is 13.8. The zero-order chi connectivity index (χ0) is 13.0. The third-order valence-corrected chi connectivity index (χ3v) is 4.35. The Bertz CT molecular complexity index is 397. The van der Waals surface area contributed by atoms with Gasteiger partial charge in [0.1, 0.15) is 0 Å². The first-order valence-electron chi connectivity index (χ1n) is 6.56. The molecular weight excluding hydrogens is 292 g/mol. The number of rotatable bonds is 3. The van der Waals surface area contributed by atoms with Gasteiger partial charge in [0.05, 0.1) is 0 Å². The van der Waals surface area contributed by atoms with Gasteiger partial charge in [0.15, 0.2) is 0 Å². The molecule has 2 N–H and O–H groups in total. The Balaban J connectivity index is 2.12. The molecule has 3 nitrogen and oxygen atoms in total. The van der Waals surface area contributed by atoms with Crippen LogP contribution in [0.2, 0.25) is 0 Å². The Morgan fingerprint density at radius 3 is 3.06 bits per heavy atom. The van der Waals surface area contributed by atoms with Gasteiger partial charge in [-0.3, -0.25) is 0 Å². The number of aryl methyl sites for hydroxylation is 1. The number of nitrogens with one attached hydrogen (secondary N) is 1. The van der Waals surface area contributed by atoms with E-state index in [1.54, 1.807) is 0 Å². The summed E-state index contributed by atoms with van der Waals surface area (Å²) in [6.45, 7) is 5.47. The monoisotopic (exact) mass is 312 g/mol. The zero-order valence-electron chi connectivity index (χ0n) is 10.8. The minimum absolute atomic E-state index is 0.255. The van der Waals surface area contributed by atoms with Gasteiger partial charge in [-0.05, 0) is 50.1 Å². The Hall–Kier alpha value is -0.580. The lowest BCUT2D eigenvalue weighted by molar-refractivity contribution is 0.267. The SMILES string of the molecule is Cc1cc(N2CCCNC(CCO)C2)ccc1Br. The molecule has 0 aliphatic carbocycles. The highest BCUT2D eigenvalue weighted by atomic mass is 79.9. The lowest BCUT2D eigenvalue weighted by atomic mass is 10.1. The van der Waals surface area contributed by atoms with Crippen LogP contribution in [0.1, 0.15) is 18.4 Å². The van der Waals surface area contributed by atoms with Crippen LogP contribution in [-0.2, 0) is 0 Å². The molecule has 1 unspecified atom stereocenters. The number of aliphatic hydroxyl groups is 1. The minimum Gasteiger partial charge on any atom is -0.396 e. The summed E-state index contributed by atoms with van der Waals surface area (Å²) < 4.78 is 1.16. The van der Waals surface area contributed by atoms with Gasteiger partial charge in [-0.2, -0.15) is 0 Å². The predicted octanol–water partition coefficient (Wildman–Crippen LogP) is 2.31. The number of aliphatic hydroxyl groups excluding tert-OH is 1. The largest absolute Gasteiger partial charge is 0.396 e. The van der Waals surface area contributed by atoms with Crippen molar-refractivity contribution < 1.29 is 5.11 Å². The van der Waals surface area contributed by atoms with Crippen LogP contribution in [0.5, 0.6) is 0 Å². The smallest absolute Gasteiger partial charge is 0.0446 e. The van der Waals surface area contributed by atoms with Crippen LogP contribution >= 0.6 is 15.9 Å². The summed E-state index contributed by atoms with van der Waals surface area (Å²) in [5.41, 5.74) is 2.55. The Kier molecular flexibility index (Phi) is 5.03. The molecule has 4 heteroatoms. The Morgan fingerprint density at radius 2 is 2.33 bits per heavy atom. The van der Waals surface area contributed by atoms with Crippen molar-refractivity contribution in [1.29, 1.82) is 0 Å². The van der Waals surface area contributed by atoms with Crippen molar-refractivity contribution in [3.63, 3.8) is 0 Å². The van der Waals surface area contributed by atoms with Crippen molar-refractivity contribution in [2.45, 2.75) is 25.8 Å². The van der Waals surface area contributed by atoms with Crippen LogP contribution in [0.3, 0.4) is 0 Å². The highest BCUT2D eigenvalue weighted by Gasteiger charge is 2.17. The summed E-state index contributed by atoms with van der Waals surface area (Å²) in [7, 11) is 0. The quantitative estimate of drug-likeness (QED) is 0.899. The molecule has 18 heavy (non-hydrogen) atoms. The predicted molar refractivity (Wildman–Crippen MR) is 79.2 cm³/mol. The van der Waals surface area contributed by atoms with Gasteiger partial charge in [0.2, 0.25) is 0 Å². The van der Waals surface area contributed by atoms with Crippen LogP contribution in [0.15, 0.2) is 22.7 Å². The molecule has 0 saturated carbocycles. The van der Waals surface area contributed by atoms with Crippen LogP contribution in [0.4, 0.5) is 5.69 Å². The standard InChI is InChI=1S/C14H21BrN2O/c1-11-9-13(3-4-14(11)15)17-7-2-6-16-12(10-17)5-8-18/h3-4,9,12,16,18H,2,5-8,10H2,1H3. The van der Waals surface area contributed by atoms with Crippen LogP contribution in [0, 0.1) is 6.92 Å². The van der Waals surface area contributed by atoms with E-state index in [0.717, 1.165) is 36.9 Å². The third kappa shape index (κ3) is 3.46. The molecule has 2 rings (SSSR count). The number of halogens is 1. The fraction of sp³-hybridized carbons (Fsp3) is 0.571. The van der Waals surface area contributed by atoms with E-state index >= 15 is 0 Å². The number of benzene rings is 1. The summed E-state index contributed by atoms with van der Waals surface area (Å²) in [4.78, 5) is 2.42. The summed E-state index contributed by atoms with van der Waals surface area (Å²) in [5.74, 6) is 0. The van der Waals surface area contributed by atoms with Crippen molar-refractivity contribution in [2.24, 2.45) is 0 Å². The van der Waals surface area contributed by atoms with Crippen molar-refractivity contribution in [2.75, 3.05) is 31.1 Å². The molecule has 1 aromatic carbocycles. The zero-order valence-corrected chi connectivity index (χ0v) is 12.4. The number of hydrogen-bond donors (Lipinski definition) is 2. The number of nitrogens with zero attached hydrogens (tertiary/aromatic N) is 1. The molecule has 0 bridgehead atoms. The van der Waals surface area contributed by atoms with E-state index in [1.807, 2.05) is 0 Å². The van der Waals surface area contributed by atoms with E-state index in [4.69, 9.17) is 5.11 Å². The topological polar surface area (TPSA) is 35.5 Å². The summed E-state index contributed by atoms with van der Waals surface area (Å²) in [6, 6.07) is 6.90. The van der Waals surface area contributed by atoms with Crippen molar-refractivity contribution in [3.05, 3.63) is 28.2 Å². The van der Waals surface area contributed by atoms with Gasteiger partial charge in [-0.1, -0.05) is 15.9 Å². The van der Waals surface area contributed by atoms with Gasteiger partial charge < -0.3 is 15.3 Å². The molecule has 100 valence electrons. The first-order chi connectivity index (χ1) is 8.70. The molecule has 1 atom stereocenters. The highest BCUT2D eigenvalue weighted by molar-refractivity contribution is 9.10. The lowest BCUT2D eigenvalue weighted by Crippen LogP contribution is -2.38. The molecule has 0 aromatic heterocycles. The molecule has 1 heterocycles. The normalized spacial score (nSPS) is 20.8. The summed E-state index contributed by atoms with van der Waals surface area (Å²) >= 11 is 3.54. The molecule has 0 amide bonds. The van der Waals surface area contributed by atoms with Crippen LogP contribution in [0.25, 0.3) is 0 Å². The second kappa shape index (κ2) is 6.55. The number of anilines is 1. The van der Waals surface area contributed by atoms with E-state index in [9.17, 15) is 0 Å². The van der Waals surface area contributed by atoms with Gasteiger partial charge in [0.25, 0.3) is 0 Å². The molecule has 0 radical (unpaired) electrons. The van der Waals surface area contributed by atoms with E-state index in [-0.39, 0.29) is 6.61 Å². The van der Waals surface area contributed by atoms with E-state index < -0.39 is 0 Å². The summed E-state index contributed by atoms with van der Waals surface area (Å²) in [5, 5.41) is 12.6. The highest BCUT2D eigenvalue weighted by Crippen LogP contribution is 2.24. The van der Waals surface area contributed by atoms with Crippen molar-refractivity contribution in [1.82, 2.24) is 5.32 Å². The molecule has 1 fully saturated rings. The second-order valence-electron chi connectivity index (χ2n) is 4.90. The van der Waals surface area contributed by atoms with Gasteiger partial charge in [-0.25, -0.2) is 0 Å². The lowest BCUT2D eigenvalue weighted by Gasteiger charge is -2.26. The van der Waals surface area contributed by atoms with Crippen LogP contribution in [-0.4, -0.2) is 37.4 Å². The summed E-state index contributed by atoms with van der Waals surface area (Å²) in [6.07, 6.45) is 1.98. The van der Waals surface area contributed by atoms with E-state index in [0.29, 0.717) is 6.04 Å². The molecule has 1 aliphatic rings. The fourth-order valence-corrected chi connectivity index (χ4v) is 2.65. The van der Waals surface area contributed by atoms with Crippen LogP contribution < -0.4 is 10.2 Å². The first-order valence-corrected chi connectivity index (χ1v) is 7.35. The maximum absolute atomic E-state index is 9.08. The second-order valence-corrected chi connectivity index (χ2v) is 5.75. The van der Waals surface area contributed by atoms with Gasteiger partial charge >= 0.3 is 0 Å². The van der Waals surface area contributed by atoms with Crippen molar-refractivity contribution in [3.8, 4) is 0 Å². The molecule has 0 spiro atoms. The number of hydrogen-bond acceptors (Lipinski definition) is 3. The van der Waals surface area contributed by atoms with E-state index in [1.165, 1.54) is 11.3 Å². The third-order valence-electron chi connectivity index (χ3n) is 3.46. The van der Waals surface area contributed by atoms with Gasteiger partial charge in [-0.15, -0.1) is 0 Å².